The van der Waals surface area contributed by atoms with E-state index in [1.54, 1.807) is 19.3 Å². The van der Waals surface area contributed by atoms with Crippen molar-refractivity contribution in [3.8, 4) is 0 Å². The highest BCUT2D eigenvalue weighted by Gasteiger charge is 2.20. The van der Waals surface area contributed by atoms with Gasteiger partial charge in [0.2, 0.25) is 5.91 Å². The number of aromatic nitrogens is 3. The van der Waals surface area contributed by atoms with E-state index < -0.39 is 5.97 Å². The molecule has 0 aliphatic rings. The molecule has 0 aliphatic carbocycles. The van der Waals surface area contributed by atoms with E-state index >= 15 is 0 Å². The van der Waals surface area contributed by atoms with Crippen LogP contribution in [0.1, 0.15) is 61.8 Å². The third-order valence-electron chi connectivity index (χ3n) is 3.50. The summed E-state index contributed by atoms with van der Waals surface area (Å²) in [4.78, 5) is 25.5. The Labute approximate surface area is 161 Å². The molecule has 0 radical (unpaired) electrons. The van der Waals surface area contributed by atoms with Gasteiger partial charge in [-0.15, -0.1) is 21.5 Å². The molecule has 2 aromatic rings. The van der Waals surface area contributed by atoms with E-state index in [1.807, 2.05) is 32.3 Å². The molecule has 7 nitrogen and oxygen atoms in total. The Morgan fingerprint density at radius 1 is 1.35 bits per heavy atom. The third-order valence-corrected chi connectivity index (χ3v) is 5.81. The van der Waals surface area contributed by atoms with Crippen LogP contribution in [0.25, 0.3) is 0 Å². The Kier molecular flexibility index (Phi) is 7.22. The lowest BCUT2D eigenvalue weighted by Gasteiger charge is -2.09. The summed E-state index contributed by atoms with van der Waals surface area (Å²) in [6.07, 6.45) is 1.65. The number of esters is 1. The second-order valence-electron chi connectivity index (χ2n) is 6.22. The quantitative estimate of drug-likeness (QED) is 0.537. The lowest BCUT2D eigenvalue weighted by molar-refractivity contribution is -0.113. The zero-order valence-corrected chi connectivity index (χ0v) is 17.2. The van der Waals surface area contributed by atoms with Crippen LogP contribution in [-0.2, 0) is 9.53 Å². The van der Waals surface area contributed by atoms with Crippen molar-refractivity contribution in [2.24, 2.45) is 0 Å². The van der Waals surface area contributed by atoms with E-state index in [0.717, 1.165) is 4.88 Å². The molecule has 0 fully saturated rings. The first kappa shape index (κ1) is 20.4. The Morgan fingerprint density at radius 3 is 2.69 bits per heavy atom. The van der Waals surface area contributed by atoms with Gasteiger partial charge in [-0.25, -0.2) is 4.79 Å². The van der Waals surface area contributed by atoms with Crippen molar-refractivity contribution in [2.45, 2.75) is 51.7 Å². The van der Waals surface area contributed by atoms with Gasteiger partial charge < -0.3 is 14.6 Å². The number of hydrogen-bond donors (Lipinski definition) is 1. The highest BCUT2D eigenvalue weighted by atomic mass is 32.2. The molecule has 0 bridgehead atoms. The molecule has 26 heavy (non-hydrogen) atoms. The van der Waals surface area contributed by atoms with E-state index in [1.165, 1.54) is 23.1 Å². The highest BCUT2D eigenvalue weighted by Crippen LogP contribution is 2.33. The Balaban J connectivity index is 2.07. The van der Waals surface area contributed by atoms with Gasteiger partial charge in [-0.2, -0.15) is 0 Å². The fourth-order valence-electron chi connectivity index (χ4n) is 2.13. The standard InChI is InChI=1S/C17H24N4O3S2/c1-6-24-16(23)12-7-13(10(2)3)26-15(12)19-14(22)8-25-17-20-18-9-21(17)11(4)5/h7,9-11H,6,8H2,1-5H3,(H,19,22). The highest BCUT2D eigenvalue weighted by molar-refractivity contribution is 7.99. The van der Waals surface area contributed by atoms with Gasteiger partial charge in [0.25, 0.3) is 0 Å². The molecule has 0 atom stereocenters. The summed E-state index contributed by atoms with van der Waals surface area (Å²) in [6.45, 7) is 10.2. The van der Waals surface area contributed by atoms with Crippen LogP contribution in [-0.4, -0.2) is 39.0 Å². The molecule has 0 unspecified atom stereocenters. The van der Waals surface area contributed by atoms with Gasteiger partial charge >= 0.3 is 5.97 Å². The normalized spacial score (nSPS) is 11.2. The summed E-state index contributed by atoms with van der Waals surface area (Å²) in [7, 11) is 0. The maximum absolute atomic E-state index is 12.4. The van der Waals surface area contributed by atoms with Gasteiger partial charge in [-0.05, 0) is 32.8 Å². The van der Waals surface area contributed by atoms with Gasteiger partial charge in [0.1, 0.15) is 11.3 Å². The van der Waals surface area contributed by atoms with E-state index in [9.17, 15) is 9.59 Å². The van der Waals surface area contributed by atoms with E-state index in [4.69, 9.17) is 4.74 Å². The number of hydrogen-bond acceptors (Lipinski definition) is 7. The summed E-state index contributed by atoms with van der Waals surface area (Å²) in [5, 5.41) is 12.0. The topological polar surface area (TPSA) is 86.1 Å². The number of nitrogens with zero attached hydrogens (tertiary/aromatic N) is 3. The van der Waals surface area contributed by atoms with E-state index in [2.05, 4.69) is 15.5 Å². The van der Waals surface area contributed by atoms with Crippen molar-refractivity contribution in [2.75, 3.05) is 17.7 Å². The fraction of sp³-hybridized carbons (Fsp3) is 0.529. The monoisotopic (exact) mass is 396 g/mol. The first-order valence-electron chi connectivity index (χ1n) is 8.46. The van der Waals surface area contributed by atoms with Crippen LogP contribution in [0.3, 0.4) is 0 Å². The van der Waals surface area contributed by atoms with Crippen molar-refractivity contribution in [3.05, 3.63) is 22.8 Å². The molecule has 0 spiro atoms. The maximum atomic E-state index is 12.4. The number of anilines is 1. The van der Waals surface area contributed by atoms with E-state index in [0.29, 0.717) is 22.3 Å². The molecule has 0 aromatic carbocycles. The second kappa shape index (κ2) is 9.18. The average Bonchev–Trinajstić information content (AvgIpc) is 3.20. The molecule has 0 aliphatic heterocycles. The number of rotatable bonds is 8. The van der Waals surface area contributed by atoms with Crippen LogP contribution in [0.15, 0.2) is 17.6 Å². The van der Waals surface area contributed by atoms with Crippen LogP contribution < -0.4 is 5.32 Å². The van der Waals surface area contributed by atoms with Crippen molar-refractivity contribution in [1.29, 1.82) is 0 Å². The number of amides is 1. The van der Waals surface area contributed by atoms with Crippen LogP contribution >= 0.6 is 23.1 Å². The minimum atomic E-state index is -0.418. The first-order chi connectivity index (χ1) is 12.3. The van der Waals surface area contributed by atoms with Crippen LogP contribution in [0, 0.1) is 0 Å². The maximum Gasteiger partial charge on any atom is 0.341 e. The van der Waals surface area contributed by atoms with Crippen molar-refractivity contribution >= 4 is 40.0 Å². The Bertz CT molecular complexity index is 768. The summed E-state index contributed by atoms with van der Waals surface area (Å²) in [5.74, 6) is -0.172. The molecule has 9 heteroatoms. The lowest BCUT2D eigenvalue weighted by Crippen LogP contribution is -2.16. The predicted octanol–water partition coefficient (Wildman–Crippen LogP) is 3.95. The van der Waals surface area contributed by atoms with Crippen LogP contribution in [0.2, 0.25) is 0 Å². The van der Waals surface area contributed by atoms with Gasteiger partial charge in [-0.3, -0.25) is 4.79 Å². The number of thioether (sulfide) groups is 1. The molecule has 2 heterocycles. The number of nitrogens with one attached hydrogen (secondary N) is 1. The average molecular weight is 397 g/mol. The Hall–Kier alpha value is -1.87. The predicted molar refractivity (Wildman–Crippen MR) is 104 cm³/mol. The molecular weight excluding hydrogens is 372 g/mol. The van der Waals surface area contributed by atoms with Gasteiger partial charge in [0.05, 0.1) is 17.9 Å². The molecule has 142 valence electrons. The van der Waals surface area contributed by atoms with Crippen LogP contribution in [0.4, 0.5) is 5.00 Å². The van der Waals surface area contributed by atoms with Gasteiger partial charge in [0.15, 0.2) is 5.16 Å². The van der Waals surface area contributed by atoms with Crippen molar-refractivity contribution in [1.82, 2.24) is 14.8 Å². The number of carbonyl (C=O) groups excluding carboxylic acids is 2. The molecule has 1 amide bonds. The zero-order valence-electron chi connectivity index (χ0n) is 15.6. The first-order valence-corrected chi connectivity index (χ1v) is 10.3. The largest absolute Gasteiger partial charge is 0.462 e. The number of ether oxygens (including phenoxy) is 1. The number of thiophene rings is 1. The minimum Gasteiger partial charge on any atom is -0.462 e. The van der Waals surface area contributed by atoms with Gasteiger partial charge in [-0.1, -0.05) is 25.6 Å². The molecule has 1 N–H and O–H groups in total. The smallest absolute Gasteiger partial charge is 0.341 e. The fourth-order valence-corrected chi connectivity index (χ4v) is 4.04. The third kappa shape index (κ3) is 5.07. The molecule has 0 saturated heterocycles. The summed E-state index contributed by atoms with van der Waals surface area (Å²) >= 11 is 2.72. The van der Waals surface area contributed by atoms with Crippen molar-refractivity contribution < 1.29 is 14.3 Å². The Morgan fingerprint density at radius 2 is 2.08 bits per heavy atom. The minimum absolute atomic E-state index is 0.183. The number of carbonyl (C=O) groups is 2. The second-order valence-corrected chi connectivity index (χ2v) is 8.24. The molecule has 2 rings (SSSR count). The lowest BCUT2D eigenvalue weighted by atomic mass is 10.1. The SMILES string of the molecule is CCOC(=O)c1cc(C(C)C)sc1NC(=O)CSc1nncn1C(C)C. The summed E-state index contributed by atoms with van der Waals surface area (Å²) in [5.41, 5.74) is 0.407. The van der Waals surface area contributed by atoms with Crippen LogP contribution in [0.5, 0.6) is 0 Å². The summed E-state index contributed by atoms with van der Waals surface area (Å²) in [6, 6.07) is 2.02. The zero-order chi connectivity index (χ0) is 19.3. The van der Waals surface area contributed by atoms with Crippen molar-refractivity contribution in [3.63, 3.8) is 0 Å². The molecule has 0 saturated carbocycles. The van der Waals surface area contributed by atoms with Gasteiger partial charge in [0, 0.05) is 10.9 Å². The summed E-state index contributed by atoms with van der Waals surface area (Å²) < 4.78 is 7.00. The molecule has 2 aromatic heterocycles. The van der Waals surface area contributed by atoms with E-state index in [-0.39, 0.29) is 23.6 Å². The molecular formula is C17H24N4O3S2.